The van der Waals surface area contributed by atoms with E-state index in [1.165, 1.54) is 4.31 Å². The summed E-state index contributed by atoms with van der Waals surface area (Å²) in [5.74, 6) is -0.224. The highest BCUT2D eigenvalue weighted by molar-refractivity contribution is 7.93. The number of anilines is 1. The fourth-order valence-electron chi connectivity index (χ4n) is 3.97. The van der Waals surface area contributed by atoms with Crippen LogP contribution in [0.5, 0.6) is 0 Å². The van der Waals surface area contributed by atoms with Gasteiger partial charge in [-0.25, -0.2) is 8.42 Å². The first-order valence-electron chi connectivity index (χ1n) is 8.63. The van der Waals surface area contributed by atoms with Crippen LogP contribution >= 0.6 is 0 Å². The van der Waals surface area contributed by atoms with E-state index >= 15 is 0 Å². The number of nitrogens with one attached hydrogen (secondary N) is 1. The van der Waals surface area contributed by atoms with Gasteiger partial charge in [0, 0.05) is 27.5 Å². The van der Waals surface area contributed by atoms with Crippen LogP contribution in [0.4, 0.5) is 5.69 Å². The maximum Gasteiger partial charge on any atom is 0.265 e. The number of hydrogen-bond acceptors (Lipinski definition) is 3. The molecule has 2 heterocycles. The molecule has 0 spiro atoms. The molecule has 5 nitrogen and oxygen atoms in total. The number of carbonyl (C=O) groups excluding carboxylic acids is 1. The van der Waals surface area contributed by atoms with Gasteiger partial charge in [-0.3, -0.25) is 9.10 Å². The number of sulfonamides is 1. The van der Waals surface area contributed by atoms with E-state index in [2.05, 4.69) is 4.98 Å². The van der Waals surface area contributed by atoms with Gasteiger partial charge in [0.25, 0.3) is 10.0 Å². The summed E-state index contributed by atoms with van der Waals surface area (Å²) in [5.41, 5.74) is 2.72. The Morgan fingerprint density at radius 1 is 1.00 bits per heavy atom. The molecule has 4 aromatic rings. The van der Waals surface area contributed by atoms with Crippen molar-refractivity contribution in [1.82, 2.24) is 4.98 Å². The third-order valence-electron chi connectivity index (χ3n) is 5.14. The first-order valence-corrected chi connectivity index (χ1v) is 10.1. The van der Waals surface area contributed by atoms with E-state index in [0.29, 0.717) is 16.6 Å². The Labute approximate surface area is 156 Å². The highest BCUT2D eigenvalue weighted by Crippen LogP contribution is 2.42. The van der Waals surface area contributed by atoms with Crippen LogP contribution in [0.2, 0.25) is 0 Å². The molecule has 5 rings (SSSR count). The van der Waals surface area contributed by atoms with E-state index in [9.17, 15) is 13.2 Å². The second-order valence-electron chi connectivity index (χ2n) is 6.74. The molecule has 3 aromatic carbocycles. The van der Waals surface area contributed by atoms with Crippen LogP contribution in [0.15, 0.2) is 65.6 Å². The third-order valence-corrected chi connectivity index (χ3v) is 6.94. The number of hydrogen-bond donors (Lipinski definition) is 1. The van der Waals surface area contributed by atoms with Crippen molar-refractivity contribution >= 4 is 43.2 Å². The number of fused-ring (bicyclic) bond motifs is 1. The van der Waals surface area contributed by atoms with Gasteiger partial charge in [0.15, 0.2) is 5.78 Å². The zero-order chi connectivity index (χ0) is 18.8. The lowest BCUT2D eigenvalue weighted by atomic mass is 10.1. The van der Waals surface area contributed by atoms with Crippen LogP contribution in [-0.2, 0) is 10.0 Å². The van der Waals surface area contributed by atoms with Gasteiger partial charge in [-0.05, 0) is 30.5 Å². The molecule has 0 saturated carbocycles. The Kier molecular flexibility index (Phi) is 3.24. The predicted octanol–water partition coefficient (Wildman–Crippen LogP) is 4.02. The minimum absolute atomic E-state index is 0.223. The number of nitrogens with zero attached hydrogens (tertiary/aromatic N) is 1. The minimum atomic E-state index is -3.75. The number of aryl methyl sites for hydroxylation is 1. The average Bonchev–Trinajstić information content (AvgIpc) is 3.10. The smallest absolute Gasteiger partial charge is 0.265 e. The fourth-order valence-corrected chi connectivity index (χ4v) is 5.64. The summed E-state index contributed by atoms with van der Waals surface area (Å²) in [6, 6.07) is 18.2. The first kappa shape index (κ1) is 16.1. The van der Waals surface area contributed by atoms with E-state index in [4.69, 9.17) is 0 Å². The van der Waals surface area contributed by atoms with Crippen molar-refractivity contribution in [3.8, 4) is 0 Å². The molecule has 0 fully saturated rings. The van der Waals surface area contributed by atoms with Crippen LogP contribution in [0, 0.1) is 6.92 Å². The van der Waals surface area contributed by atoms with Gasteiger partial charge in [-0.1, -0.05) is 42.5 Å². The zero-order valence-corrected chi connectivity index (χ0v) is 15.4. The number of aromatic nitrogens is 1. The summed E-state index contributed by atoms with van der Waals surface area (Å²) in [7, 11) is -3.75. The molecule has 0 radical (unpaired) electrons. The molecule has 0 aliphatic carbocycles. The van der Waals surface area contributed by atoms with Crippen molar-refractivity contribution in [2.24, 2.45) is 0 Å². The molecule has 0 unspecified atom stereocenters. The summed E-state index contributed by atoms with van der Waals surface area (Å²) in [6.45, 7) is 1.61. The first-order chi connectivity index (χ1) is 13.0. The Morgan fingerprint density at radius 3 is 2.56 bits per heavy atom. The molecular formula is C21H16N2O3S. The molecule has 6 heteroatoms. The molecule has 1 aliphatic heterocycles. The van der Waals surface area contributed by atoms with Gasteiger partial charge >= 0.3 is 0 Å². The number of benzene rings is 3. The maximum atomic E-state index is 13.1. The third kappa shape index (κ3) is 2.16. The largest absolute Gasteiger partial charge is 0.358 e. The molecule has 0 bridgehead atoms. The molecule has 1 aromatic heterocycles. The topological polar surface area (TPSA) is 70.2 Å². The van der Waals surface area contributed by atoms with E-state index in [0.717, 1.165) is 22.0 Å². The van der Waals surface area contributed by atoms with Crippen molar-refractivity contribution in [2.45, 2.75) is 11.8 Å². The van der Waals surface area contributed by atoms with E-state index in [-0.39, 0.29) is 17.2 Å². The molecule has 0 saturated heterocycles. The lowest BCUT2D eigenvalue weighted by Gasteiger charge is -2.18. The van der Waals surface area contributed by atoms with Crippen LogP contribution in [0.1, 0.15) is 16.1 Å². The van der Waals surface area contributed by atoms with Gasteiger partial charge < -0.3 is 4.98 Å². The molecule has 1 N–H and O–H groups in total. The van der Waals surface area contributed by atoms with Gasteiger partial charge in [0.1, 0.15) is 0 Å². The van der Waals surface area contributed by atoms with E-state index in [1.54, 1.807) is 18.2 Å². The molecule has 27 heavy (non-hydrogen) atoms. The summed E-state index contributed by atoms with van der Waals surface area (Å²) in [6.07, 6.45) is 0. The second-order valence-corrected chi connectivity index (χ2v) is 8.57. The molecule has 1 aliphatic rings. The Bertz CT molecular complexity index is 1350. The second kappa shape index (κ2) is 5.44. The van der Waals surface area contributed by atoms with Crippen LogP contribution in [0.25, 0.3) is 21.7 Å². The Morgan fingerprint density at radius 2 is 1.74 bits per heavy atom. The molecule has 0 amide bonds. The van der Waals surface area contributed by atoms with Crippen molar-refractivity contribution < 1.29 is 13.2 Å². The van der Waals surface area contributed by atoms with Crippen LogP contribution in [-0.4, -0.2) is 25.7 Å². The molecular weight excluding hydrogens is 360 g/mol. The normalized spacial score (nSPS) is 14.9. The number of aromatic amines is 1. The summed E-state index contributed by atoms with van der Waals surface area (Å²) in [4.78, 5) is 16.6. The van der Waals surface area contributed by atoms with Gasteiger partial charge in [0.05, 0.1) is 17.1 Å². The Hall–Kier alpha value is -3.12. The average molecular weight is 376 g/mol. The molecule has 134 valence electrons. The number of H-pyrrole nitrogens is 1. The summed E-state index contributed by atoms with van der Waals surface area (Å²) in [5, 5.41) is 2.35. The number of para-hydroxylation sites is 1. The van der Waals surface area contributed by atoms with E-state index in [1.807, 2.05) is 49.4 Å². The predicted molar refractivity (Wildman–Crippen MR) is 106 cm³/mol. The monoisotopic (exact) mass is 376 g/mol. The highest BCUT2D eigenvalue weighted by atomic mass is 32.2. The number of rotatable bonds is 3. The van der Waals surface area contributed by atoms with Crippen molar-refractivity contribution in [3.05, 3.63) is 71.9 Å². The Balaban J connectivity index is 1.63. The van der Waals surface area contributed by atoms with Crippen molar-refractivity contribution in [3.63, 3.8) is 0 Å². The van der Waals surface area contributed by atoms with Crippen molar-refractivity contribution in [1.29, 1.82) is 0 Å². The fraction of sp³-hybridized carbons (Fsp3) is 0.0952. The summed E-state index contributed by atoms with van der Waals surface area (Å²) < 4.78 is 27.4. The molecule has 0 atom stereocenters. The highest BCUT2D eigenvalue weighted by Gasteiger charge is 2.37. The van der Waals surface area contributed by atoms with Crippen LogP contribution in [0.3, 0.4) is 0 Å². The van der Waals surface area contributed by atoms with E-state index < -0.39 is 10.0 Å². The number of carbonyl (C=O) groups is 1. The number of ketones is 1. The standard InChI is InChI=1S/C21H16N2O3S/c1-13-20(15-8-2-3-9-16(15)22-13)18(24)12-23-17-10-4-6-14-7-5-11-19(21(14)17)27(23,25)26/h2-11,22H,12H2,1H3. The number of Topliss-reactive ketones (excluding diaryl/α,β-unsaturated/α-hetero) is 1. The van der Waals surface area contributed by atoms with Gasteiger partial charge in [0.2, 0.25) is 0 Å². The minimum Gasteiger partial charge on any atom is -0.358 e. The lowest BCUT2D eigenvalue weighted by molar-refractivity contribution is 0.100. The summed E-state index contributed by atoms with van der Waals surface area (Å²) >= 11 is 0. The SMILES string of the molecule is Cc1[nH]c2ccccc2c1C(=O)CN1c2cccc3cccc(c23)S1(=O)=O. The lowest BCUT2D eigenvalue weighted by Crippen LogP contribution is -2.33. The maximum absolute atomic E-state index is 13.1. The van der Waals surface area contributed by atoms with Gasteiger partial charge in [-0.15, -0.1) is 0 Å². The van der Waals surface area contributed by atoms with Gasteiger partial charge in [-0.2, -0.15) is 0 Å². The van der Waals surface area contributed by atoms with Crippen molar-refractivity contribution in [2.75, 3.05) is 10.8 Å². The zero-order valence-electron chi connectivity index (χ0n) is 14.6. The quantitative estimate of drug-likeness (QED) is 0.549. The van der Waals surface area contributed by atoms with Crippen LogP contribution < -0.4 is 4.31 Å².